The summed E-state index contributed by atoms with van der Waals surface area (Å²) in [5, 5.41) is 2.60. The maximum Gasteiger partial charge on any atom is 0.412 e. The summed E-state index contributed by atoms with van der Waals surface area (Å²) in [5.74, 6) is -0.514. The molecule has 108 valence electrons. The molecule has 1 aromatic carbocycles. The second kappa shape index (κ2) is 6.23. The highest BCUT2D eigenvalue weighted by molar-refractivity contribution is 6.15. The zero-order valence-electron chi connectivity index (χ0n) is 12.1. The molecular formula is C15H19NO4. The number of hydrogen-bond donors (Lipinski definition) is 1. The van der Waals surface area contributed by atoms with Gasteiger partial charge in [0, 0.05) is 5.69 Å². The lowest BCUT2D eigenvalue weighted by Gasteiger charge is -2.19. The average Bonchev–Trinajstić information content (AvgIpc) is 2.34. The summed E-state index contributed by atoms with van der Waals surface area (Å²) in [5.41, 5.74) is 0.740. The fourth-order valence-electron chi connectivity index (χ4n) is 1.45. The lowest BCUT2D eigenvalue weighted by Crippen LogP contribution is -2.27. The van der Waals surface area contributed by atoms with Gasteiger partial charge in [0.15, 0.2) is 0 Å². The summed E-state index contributed by atoms with van der Waals surface area (Å²) in [4.78, 5) is 23.1. The molecule has 0 fully saturated rings. The van der Waals surface area contributed by atoms with Gasteiger partial charge in [-0.3, -0.25) is 5.32 Å². The first-order chi connectivity index (χ1) is 9.23. The Hall–Kier alpha value is -2.30. The molecule has 5 nitrogen and oxygen atoms in total. The monoisotopic (exact) mass is 277 g/mol. The van der Waals surface area contributed by atoms with Crippen LogP contribution in [0.25, 0.3) is 5.57 Å². The van der Waals surface area contributed by atoms with Crippen LogP contribution in [0.5, 0.6) is 0 Å². The van der Waals surface area contributed by atoms with Gasteiger partial charge in [-0.25, -0.2) is 9.59 Å². The number of nitrogens with one attached hydrogen (secondary N) is 1. The summed E-state index contributed by atoms with van der Waals surface area (Å²) >= 11 is 0. The zero-order valence-corrected chi connectivity index (χ0v) is 12.1. The Morgan fingerprint density at radius 3 is 2.45 bits per heavy atom. The van der Waals surface area contributed by atoms with Crippen molar-refractivity contribution in [2.45, 2.75) is 26.4 Å². The van der Waals surface area contributed by atoms with E-state index in [1.165, 1.54) is 7.11 Å². The minimum Gasteiger partial charge on any atom is -0.465 e. The Balaban J connectivity index is 2.81. The molecule has 0 heterocycles. The molecular weight excluding hydrogens is 258 g/mol. The maximum atomic E-state index is 11.7. The second-order valence-electron chi connectivity index (χ2n) is 5.18. The second-order valence-corrected chi connectivity index (χ2v) is 5.18. The van der Waals surface area contributed by atoms with Gasteiger partial charge in [-0.2, -0.15) is 0 Å². The number of carbonyl (C=O) groups excluding carboxylic acids is 2. The predicted octanol–water partition coefficient (Wildman–Crippen LogP) is 3.22. The normalized spacial score (nSPS) is 10.6. The topological polar surface area (TPSA) is 64.6 Å². The van der Waals surface area contributed by atoms with Gasteiger partial charge in [0.2, 0.25) is 0 Å². The van der Waals surface area contributed by atoms with Crippen molar-refractivity contribution in [3.05, 3.63) is 36.4 Å². The smallest absolute Gasteiger partial charge is 0.412 e. The van der Waals surface area contributed by atoms with E-state index in [0.29, 0.717) is 11.3 Å². The first-order valence-electron chi connectivity index (χ1n) is 6.10. The molecule has 5 heteroatoms. The van der Waals surface area contributed by atoms with E-state index >= 15 is 0 Å². The number of esters is 1. The molecule has 1 aromatic rings. The van der Waals surface area contributed by atoms with Gasteiger partial charge in [0.25, 0.3) is 0 Å². The largest absolute Gasteiger partial charge is 0.465 e. The van der Waals surface area contributed by atoms with Crippen LogP contribution in [0.15, 0.2) is 30.8 Å². The van der Waals surface area contributed by atoms with Gasteiger partial charge in [0.1, 0.15) is 5.60 Å². The van der Waals surface area contributed by atoms with Gasteiger partial charge in [-0.15, -0.1) is 0 Å². The lowest BCUT2D eigenvalue weighted by atomic mass is 10.1. The standard InChI is InChI=1S/C15H19NO4/c1-10(13(17)19-5)11-7-6-8-12(9-11)16-14(18)20-15(2,3)4/h6-9H,1H2,2-5H3,(H,16,18). The van der Waals surface area contributed by atoms with Crippen LogP contribution in [0.1, 0.15) is 26.3 Å². The third-order valence-electron chi connectivity index (χ3n) is 2.29. The predicted molar refractivity (Wildman–Crippen MR) is 77.3 cm³/mol. The van der Waals surface area contributed by atoms with Crippen LogP contribution in [0.4, 0.5) is 10.5 Å². The molecule has 0 aliphatic rings. The Morgan fingerprint density at radius 1 is 1.25 bits per heavy atom. The highest BCUT2D eigenvalue weighted by atomic mass is 16.6. The van der Waals surface area contributed by atoms with E-state index in [4.69, 9.17) is 4.74 Å². The van der Waals surface area contributed by atoms with Crippen LogP contribution in [0.3, 0.4) is 0 Å². The van der Waals surface area contributed by atoms with Crippen LogP contribution in [0, 0.1) is 0 Å². The van der Waals surface area contributed by atoms with Gasteiger partial charge < -0.3 is 9.47 Å². The number of hydrogen-bond acceptors (Lipinski definition) is 4. The van der Waals surface area contributed by atoms with E-state index in [0.717, 1.165) is 0 Å². The van der Waals surface area contributed by atoms with Gasteiger partial charge in [0.05, 0.1) is 12.7 Å². The number of methoxy groups -OCH3 is 1. The lowest BCUT2D eigenvalue weighted by molar-refractivity contribution is -0.133. The molecule has 1 N–H and O–H groups in total. The summed E-state index contributed by atoms with van der Waals surface area (Å²) in [6.45, 7) is 9.00. The SMILES string of the molecule is C=C(C(=O)OC)c1cccc(NC(=O)OC(C)(C)C)c1. The summed E-state index contributed by atoms with van der Waals surface area (Å²) in [6, 6.07) is 6.73. The molecule has 0 aliphatic heterocycles. The Bertz CT molecular complexity index is 529. The van der Waals surface area contributed by atoms with E-state index in [1.807, 2.05) is 0 Å². The minimum absolute atomic E-state index is 0.223. The summed E-state index contributed by atoms with van der Waals surface area (Å²) in [7, 11) is 1.29. The maximum absolute atomic E-state index is 11.7. The molecule has 1 rings (SSSR count). The molecule has 0 bridgehead atoms. The van der Waals surface area contributed by atoms with Crippen molar-refractivity contribution in [1.82, 2.24) is 0 Å². The molecule has 0 saturated heterocycles. The summed E-state index contributed by atoms with van der Waals surface area (Å²) < 4.78 is 9.75. The molecule has 0 radical (unpaired) electrons. The van der Waals surface area contributed by atoms with E-state index in [2.05, 4.69) is 16.6 Å². The molecule has 1 amide bonds. The Labute approximate surface area is 118 Å². The van der Waals surface area contributed by atoms with Crippen molar-refractivity contribution < 1.29 is 19.1 Å². The fraction of sp³-hybridized carbons (Fsp3) is 0.333. The van der Waals surface area contributed by atoms with Crippen molar-refractivity contribution in [3.63, 3.8) is 0 Å². The van der Waals surface area contributed by atoms with E-state index in [-0.39, 0.29) is 5.57 Å². The number of amides is 1. The van der Waals surface area contributed by atoms with Gasteiger partial charge >= 0.3 is 12.1 Å². The molecule has 0 unspecified atom stereocenters. The number of rotatable bonds is 3. The van der Waals surface area contributed by atoms with Crippen LogP contribution in [-0.2, 0) is 14.3 Å². The molecule has 0 aromatic heterocycles. The molecule has 0 aliphatic carbocycles. The highest BCUT2D eigenvalue weighted by Crippen LogP contribution is 2.19. The third-order valence-corrected chi connectivity index (χ3v) is 2.29. The van der Waals surface area contributed by atoms with Crippen molar-refractivity contribution in [1.29, 1.82) is 0 Å². The average molecular weight is 277 g/mol. The van der Waals surface area contributed by atoms with E-state index in [9.17, 15) is 9.59 Å². The Morgan fingerprint density at radius 2 is 1.90 bits per heavy atom. The van der Waals surface area contributed by atoms with Crippen molar-refractivity contribution in [3.8, 4) is 0 Å². The van der Waals surface area contributed by atoms with Crippen molar-refractivity contribution in [2.24, 2.45) is 0 Å². The molecule has 0 saturated carbocycles. The third kappa shape index (κ3) is 4.76. The van der Waals surface area contributed by atoms with Crippen LogP contribution >= 0.6 is 0 Å². The van der Waals surface area contributed by atoms with Gasteiger partial charge in [-0.1, -0.05) is 18.7 Å². The summed E-state index contributed by atoms with van der Waals surface area (Å²) in [6.07, 6.45) is -0.557. The van der Waals surface area contributed by atoms with Crippen molar-refractivity contribution >= 4 is 23.3 Å². The quantitative estimate of drug-likeness (QED) is 0.680. The minimum atomic E-state index is -0.572. The number of ether oxygens (including phenoxy) is 2. The molecule has 20 heavy (non-hydrogen) atoms. The number of carbonyl (C=O) groups is 2. The molecule has 0 atom stereocenters. The first kappa shape index (κ1) is 15.8. The fourth-order valence-corrected chi connectivity index (χ4v) is 1.45. The van der Waals surface area contributed by atoms with Crippen LogP contribution in [0.2, 0.25) is 0 Å². The van der Waals surface area contributed by atoms with Gasteiger partial charge in [-0.05, 0) is 38.5 Å². The molecule has 0 spiro atoms. The van der Waals surface area contributed by atoms with Crippen molar-refractivity contribution in [2.75, 3.05) is 12.4 Å². The van der Waals surface area contributed by atoms with E-state index in [1.54, 1.807) is 45.0 Å². The van der Waals surface area contributed by atoms with E-state index < -0.39 is 17.7 Å². The van der Waals surface area contributed by atoms with Crippen LogP contribution < -0.4 is 5.32 Å². The van der Waals surface area contributed by atoms with Crippen LogP contribution in [-0.4, -0.2) is 24.8 Å². The first-order valence-corrected chi connectivity index (χ1v) is 6.10. The highest BCUT2D eigenvalue weighted by Gasteiger charge is 2.16. The zero-order chi connectivity index (χ0) is 15.3. The number of benzene rings is 1. The Kier molecular flexibility index (Phi) is 4.91. The number of anilines is 1.